The molecule has 0 aromatic carbocycles. The van der Waals surface area contributed by atoms with Crippen molar-refractivity contribution in [1.29, 1.82) is 0 Å². The molecule has 1 heterocycles. The van der Waals surface area contributed by atoms with Crippen LogP contribution in [0.25, 0.3) is 0 Å². The quantitative estimate of drug-likeness (QED) is 0.639. The summed E-state index contributed by atoms with van der Waals surface area (Å²) in [7, 11) is 0. The molecular formula is C11H17N5O2. The lowest BCUT2D eigenvalue weighted by Gasteiger charge is -2.05. The van der Waals surface area contributed by atoms with Gasteiger partial charge in [0.25, 0.3) is 0 Å². The predicted octanol–water partition coefficient (Wildman–Crippen LogP) is -0.417. The fourth-order valence-electron chi connectivity index (χ4n) is 1.70. The maximum atomic E-state index is 11.5. The summed E-state index contributed by atoms with van der Waals surface area (Å²) in [4.78, 5) is 26.8. The fourth-order valence-corrected chi connectivity index (χ4v) is 1.70. The first kappa shape index (κ1) is 12.5. The number of aromatic nitrogens is 3. The van der Waals surface area contributed by atoms with Crippen molar-refractivity contribution < 1.29 is 9.59 Å². The van der Waals surface area contributed by atoms with E-state index in [0.717, 1.165) is 6.42 Å². The minimum Gasteiger partial charge on any atom is -0.355 e. The first-order chi connectivity index (χ1) is 8.66. The number of nitrogens with zero attached hydrogens (tertiary/aromatic N) is 2. The second-order valence-electron chi connectivity index (χ2n) is 4.57. The molecule has 1 saturated carbocycles. The Bertz CT molecular complexity index is 417. The molecule has 0 radical (unpaired) electrons. The van der Waals surface area contributed by atoms with E-state index in [1.165, 1.54) is 6.33 Å². The predicted molar refractivity (Wildman–Crippen MR) is 63.1 cm³/mol. The molecule has 18 heavy (non-hydrogen) atoms. The highest BCUT2D eigenvalue weighted by Gasteiger charge is 2.38. The molecule has 1 aromatic rings. The monoisotopic (exact) mass is 251 g/mol. The molecule has 0 bridgehead atoms. The zero-order valence-electron chi connectivity index (χ0n) is 10.3. The molecule has 1 aliphatic rings. The van der Waals surface area contributed by atoms with Gasteiger partial charge < -0.3 is 10.6 Å². The van der Waals surface area contributed by atoms with Gasteiger partial charge in [0, 0.05) is 18.9 Å². The molecule has 2 rings (SSSR count). The molecule has 2 amide bonds. The SMILES string of the molecule is CC1CC1C(=O)NCCC(=O)NCc1ncn[nH]1. The van der Waals surface area contributed by atoms with Gasteiger partial charge in [0.1, 0.15) is 12.2 Å². The number of carbonyl (C=O) groups is 2. The van der Waals surface area contributed by atoms with Crippen molar-refractivity contribution in [3.8, 4) is 0 Å². The van der Waals surface area contributed by atoms with Crippen molar-refractivity contribution in [3.05, 3.63) is 12.2 Å². The number of aromatic amines is 1. The lowest BCUT2D eigenvalue weighted by Crippen LogP contribution is -2.31. The molecule has 98 valence electrons. The summed E-state index contributed by atoms with van der Waals surface area (Å²) in [5.41, 5.74) is 0. The number of nitrogens with one attached hydrogen (secondary N) is 3. The topological polar surface area (TPSA) is 99.8 Å². The van der Waals surface area contributed by atoms with Crippen molar-refractivity contribution in [2.75, 3.05) is 6.54 Å². The Kier molecular flexibility index (Phi) is 3.91. The van der Waals surface area contributed by atoms with Crippen molar-refractivity contribution in [2.45, 2.75) is 26.3 Å². The van der Waals surface area contributed by atoms with Gasteiger partial charge in [-0.05, 0) is 12.3 Å². The van der Waals surface area contributed by atoms with E-state index in [1.807, 2.05) is 6.92 Å². The van der Waals surface area contributed by atoms with E-state index in [4.69, 9.17) is 0 Å². The van der Waals surface area contributed by atoms with Gasteiger partial charge in [0.2, 0.25) is 11.8 Å². The average molecular weight is 251 g/mol. The van der Waals surface area contributed by atoms with E-state index in [0.29, 0.717) is 24.8 Å². The first-order valence-corrected chi connectivity index (χ1v) is 6.05. The Morgan fingerprint density at radius 2 is 2.28 bits per heavy atom. The van der Waals surface area contributed by atoms with Crippen molar-refractivity contribution >= 4 is 11.8 Å². The van der Waals surface area contributed by atoms with Gasteiger partial charge in [-0.3, -0.25) is 14.7 Å². The molecule has 7 heteroatoms. The maximum Gasteiger partial charge on any atom is 0.223 e. The lowest BCUT2D eigenvalue weighted by molar-refractivity contribution is -0.123. The highest BCUT2D eigenvalue weighted by molar-refractivity contribution is 5.82. The normalized spacial score (nSPS) is 21.4. The van der Waals surface area contributed by atoms with Crippen LogP contribution in [-0.2, 0) is 16.1 Å². The highest BCUT2D eigenvalue weighted by atomic mass is 16.2. The van der Waals surface area contributed by atoms with Gasteiger partial charge in [-0.1, -0.05) is 6.92 Å². The second-order valence-corrected chi connectivity index (χ2v) is 4.57. The number of hydrogen-bond donors (Lipinski definition) is 3. The van der Waals surface area contributed by atoms with E-state index in [-0.39, 0.29) is 24.2 Å². The van der Waals surface area contributed by atoms with Gasteiger partial charge in [0.15, 0.2) is 0 Å². The Labute approximate surface area is 105 Å². The van der Waals surface area contributed by atoms with Crippen molar-refractivity contribution in [1.82, 2.24) is 25.8 Å². The smallest absolute Gasteiger partial charge is 0.223 e. The summed E-state index contributed by atoms with van der Waals surface area (Å²) in [6.45, 7) is 2.76. The Morgan fingerprint density at radius 3 is 2.89 bits per heavy atom. The van der Waals surface area contributed by atoms with Crippen LogP contribution in [0.1, 0.15) is 25.6 Å². The van der Waals surface area contributed by atoms with Crippen LogP contribution in [0.2, 0.25) is 0 Å². The standard InChI is InChI=1S/C11H17N5O2/c1-7-4-8(7)11(18)12-3-2-10(17)13-5-9-14-6-15-16-9/h6-8H,2-5H2,1H3,(H,12,18)(H,13,17)(H,14,15,16). The summed E-state index contributed by atoms with van der Waals surface area (Å²) >= 11 is 0. The molecule has 0 saturated heterocycles. The molecule has 2 unspecified atom stereocenters. The third-order valence-electron chi connectivity index (χ3n) is 3.02. The Morgan fingerprint density at radius 1 is 1.50 bits per heavy atom. The van der Waals surface area contributed by atoms with Crippen LogP contribution in [0.4, 0.5) is 0 Å². The van der Waals surface area contributed by atoms with Crippen LogP contribution in [-0.4, -0.2) is 33.5 Å². The zero-order chi connectivity index (χ0) is 13.0. The maximum absolute atomic E-state index is 11.5. The first-order valence-electron chi connectivity index (χ1n) is 6.05. The van der Waals surface area contributed by atoms with Gasteiger partial charge in [0.05, 0.1) is 6.54 Å². The number of amides is 2. The Hall–Kier alpha value is -1.92. The molecule has 7 nitrogen and oxygen atoms in total. The van der Waals surface area contributed by atoms with Gasteiger partial charge in [-0.25, -0.2) is 4.98 Å². The van der Waals surface area contributed by atoms with E-state index >= 15 is 0 Å². The molecule has 3 N–H and O–H groups in total. The van der Waals surface area contributed by atoms with Crippen molar-refractivity contribution in [2.24, 2.45) is 11.8 Å². The number of carbonyl (C=O) groups excluding carboxylic acids is 2. The third kappa shape index (κ3) is 3.54. The molecule has 1 fully saturated rings. The van der Waals surface area contributed by atoms with E-state index < -0.39 is 0 Å². The molecular weight excluding hydrogens is 234 g/mol. The average Bonchev–Trinajstić information content (AvgIpc) is 2.88. The van der Waals surface area contributed by atoms with Crippen molar-refractivity contribution in [3.63, 3.8) is 0 Å². The lowest BCUT2D eigenvalue weighted by atomic mass is 10.3. The van der Waals surface area contributed by atoms with Crippen LogP contribution >= 0.6 is 0 Å². The fraction of sp³-hybridized carbons (Fsp3) is 0.636. The summed E-state index contributed by atoms with van der Waals surface area (Å²) in [6.07, 6.45) is 2.63. The van der Waals surface area contributed by atoms with Gasteiger partial charge >= 0.3 is 0 Å². The van der Waals surface area contributed by atoms with E-state index in [1.54, 1.807) is 0 Å². The second kappa shape index (κ2) is 5.61. The zero-order valence-corrected chi connectivity index (χ0v) is 10.3. The number of rotatable bonds is 6. The minimum atomic E-state index is -0.115. The Balaban J connectivity index is 1.56. The van der Waals surface area contributed by atoms with E-state index in [9.17, 15) is 9.59 Å². The van der Waals surface area contributed by atoms with Gasteiger partial charge in [-0.2, -0.15) is 5.10 Å². The van der Waals surface area contributed by atoms with Gasteiger partial charge in [-0.15, -0.1) is 0 Å². The summed E-state index contributed by atoms with van der Waals surface area (Å²) in [5.74, 6) is 1.20. The highest BCUT2D eigenvalue weighted by Crippen LogP contribution is 2.37. The number of H-pyrrole nitrogens is 1. The molecule has 0 spiro atoms. The van der Waals surface area contributed by atoms with Crippen LogP contribution < -0.4 is 10.6 Å². The van der Waals surface area contributed by atoms with Crippen LogP contribution in [0, 0.1) is 11.8 Å². The molecule has 1 aliphatic carbocycles. The number of hydrogen-bond acceptors (Lipinski definition) is 4. The molecule has 2 atom stereocenters. The van der Waals surface area contributed by atoms with Crippen LogP contribution in [0.5, 0.6) is 0 Å². The largest absolute Gasteiger partial charge is 0.355 e. The third-order valence-corrected chi connectivity index (χ3v) is 3.02. The minimum absolute atomic E-state index is 0.0607. The van der Waals surface area contributed by atoms with E-state index in [2.05, 4.69) is 25.8 Å². The summed E-state index contributed by atoms with van der Waals surface area (Å²) in [5, 5.41) is 11.8. The van der Waals surface area contributed by atoms with Crippen LogP contribution in [0.15, 0.2) is 6.33 Å². The van der Waals surface area contributed by atoms with Crippen LogP contribution in [0.3, 0.4) is 0 Å². The molecule has 1 aromatic heterocycles. The summed E-state index contributed by atoms with van der Waals surface area (Å²) < 4.78 is 0. The summed E-state index contributed by atoms with van der Waals surface area (Å²) in [6, 6.07) is 0. The molecule has 0 aliphatic heterocycles.